The summed E-state index contributed by atoms with van der Waals surface area (Å²) in [6, 6.07) is 9.19. The van der Waals surface area contributed by atoms with Crippen molar-refractivity contribution in [1.82, 2.24) is 0 Å². The molecule has 1 amide bonds. The highest BCUT2D eigenvalue weighted by Gasteiger charge is 2.11. The molecule has 0 aliphatic carbocycles. The summed E-state index contributed by atoms with van der Waals surface area (Å²) in [5, 5.41) is 2.38. The number of rotatable bonds is 5. The monoisotopic (exact) mass is 306 g/mol. The van der Waals surface area contributed by atoms with Crippen LogP contribution in [0.5, 0.6) is 5.75 Å². The van der Waals surface area contributed by atoms with Crippen LogP contribution in [-0.2, 0) is 11.4 Å². The lowest BCUT2D eigenvalue weighted by Crippen LogP contribution is -2.32. The molecule has 0 spiro atoms. The van der Waals surface area contributed by atoms with Crippen molar-refractivity contribution >= 4 is 11.6 Å². The van der Waals surface area contributed by atoms with Gasteiger partial charge in [0.1, 0.15) is 24.0 Å². The first-order chi connectivity index (χ1) is 10.5. The quantitative estimate of drug-likeness (QED) is 0.893. The predicted molar refractivity (Wildman–Crippen MR) is 79.4 cm³/mol. The van der Waals surface area contributed by atoms with E-state index < -0.39 is 17.8 Å². The van der Waals surface area contributed by atoms with Gasteiger partial charge in [0.25, 0.3) is 0 Å². The van der Waals surface area contributed by atoms with Crippen LogP contribution in [0, 0.1) is 11.6 Å². The van der Waals surface area contributed by atoms with Crippen LogP contribution in [0.25, 0.3) is 0 Å². The first kappa shape index (κ1) is 15.9. The minimum atomic E-state index is -0.728. The van der Waals surface area contributed by atoms with Crippen molar-refractivity contribution in [1.29, 1.82) is 0 Å². The summed E-state index contributed by atoms with van der Waals surface area (Å²) in [5.74, 6) is -1.12. The second kappa shape index (κ2) is 7.00. The summed E-state index contributed by atoms with van der Waals surface area (Å²) >= 11 is 0. The Morgan fingerprint density at radius 1 is 1.23 bits per heavy atom. The highest BCUT2D eigenvalue weighted by molar-refractivity contribution is 5.94. The second-order valence-corrected chi connectivity index (χ2v) is 4.83. The summed E-state index contributed by atoms with van der Waals surface area (Å²) in [5.41, 5.74) is 6.20. The van der Waals surface area contributed by atoms with Gasteiger partial charge >= 0.3 is 0 Å². The number of ether oxygens (including phenoxy) is 1. The average Bonchev–Trinajstić information content (AvgIpc) is 2.49. The maximum Gasteiger partial charge on any atom is 0.241 e. The normalized spacial score (nSPS) is 11.8. The molecule has 4 nitrogen and oxygen atoms in total. The van der Waals surface area contributed by atoms with E-state index >= 15 is 0 Å². The lowest BCUT2D eigenvalue weighted by molar-refractivity contribution is -0.117. The number of nitrogens with two attached hydrogens (primary N) is 1. The van der Waals surface area contributed by atoms with E-state index in [1.54, 1.807) is 12.1 Å². The molecule has 2 aromatic carbocycles. The van der Waals surface area contributed by atoms with Crippen LogP contribution < -0.4 is 15.8 Å². The molecule has 0 saturated carbocycles. The molecular weight excluding hydrogens is 290 g/mol. The molecule has 0 fully saturated rings. The van der Waals surface area contributed by atoms with Crippen LogP contribution in [0.2, 0.25) is 0 Å². The number of nitrogens with one attached hydrogen (secondary N) is 1. The van der Waals surface area contributed by atoms with E-state index in [1.807, 2.05) is 0 Å². The third kappa shape index (κ3) is 4.26. The summed E-state index contributed by atoms with van der Waals surface area (Å²) < 4.78 is 32.1. The van der Waals surface area contributed by atoms with Crippen molar-refractivity contribution in [3.8, 4) is 5.75 Å². The zero-order valence-electron chi connectivity index (χ0n) is 12.0. The number of carbonyl (C=O) groups excluding carboxylic acids is 1. The molecule has 3 N–H and O–H groups in total. The van der Waals surface area contributed by atoms with E-state index in [4.69, 9.17) is 10.5 Å². The Bertz CT molecular complexity index is 658. The van der Waals surface area contributed by atoms with Crippen molar-refractivity contribution in [3.05, 3.63) is 59.7 Å². The maximum absolute atomic E-state index is 13.9. The number of anilines is 1. The van der Waals surface area contributed by atoms with Crippen molar-refractivity contribution < 1.29 is 18.3 Å². The topological polar surface area (TPSA) is 64.4 Å². The fraction of sp³-hybridized carbons (Fsp3) is 0.188. The van der Waals surface area contributed by atoms with Gasteiger partial charge in [-0.25, -0.2) is 8.78 Å². The highest BCUT2D eigenvalue weighted by atomic mass is 19.1. The van der Waals surface area contributed by atoms with Crippen molar-refractivity contribution in [3.63, 3.8) is 0 Å². The number of hydrogen-bond donors (Lipinski definition) is 2. The number of hydrogen-bond acceptors (Lipinski definition) is 3. The molecule has 22 heavy (non-hydrogen) atoms. The van der Waals surface area contributed by atoms with E-state index in [-0.39, 0.29) is 18.1 Å². The van der Waals surface area contributed by atoms with Crippen LogP contribution in [0.4, 0.5) is 14.5 Å². The number of carbonyl (C=O) groups is 1. The van der Waals surface area contributed by atoms with E-state index in [9.17, 15) is 13.6 Å². The molecule has 0 unspecified atom stereocenters. The van der Waals surface area contributed by atoms with Crippen LogP contribution in [0.15, 0.2) is 42.5 Å². The Kier molecular flexibility index (Phi) is 5.06. The summed E-state index contributed by atoms with van der Waals surface area (Å²) in [6.07, 6.45) is 0. The van der Waals surface area contributed by atoms with E-state index in [0.717, 1.165) is 5.56 Å². The number of halogens is 2. The molecule has 0 radical (unpaired) electrons. The van der Waals surface area contributed by atoms with Gasteiger partial charge in [-0.2, -0.15) is 0 Å². The third-order valence-electron chi connectivity index (χ3n) is 2.93. The lowest BCUT2D eigenvalue weighted by Gasteiger charge is -2.11. The second-order valence-electron chi connectivity index (χ2n) is 4.83. The summed E-state index contributed by atoms with van der Waals surface area (Å²) in [6.45, 7) is 1.69. The van der Waals surface area contributed by atoms with E-state index in [2.05, 4.69) is 5.32 Å². The fourth-order valence-electron chi connectivity index (χ4n) is 1.68. The van der Waals surface area contributed by atoms with Crippen LogP contribution in [0.3, 0.4) is 0 Å². The van der Waals surface area contributed by atoms with E-state index in [0.29, 0.717) is 5.75 Å². The zero-order valence-corrected chi connectivity index (χ0v) is 12.0. The van der Waals surface area contributed by atoms with Gasteiger partial charge in [0.05, 0.1) is 11.7 Å². The molecule has 0 aromatic heterocycles. The first-order valence-corrected chi connectivity index (χ1v) is 6.69. The minimum absolute atomic E-state index is 0.0384. The van der Waals surface area contributed by atoms with E-state index in [1.165, 1.54) is 37.3 Å². The zero-order chi connectivity index (χ0) is 16.1. The van der Waals surface area contributed by atoms with Crippen LogP contribution in [-0.4, -0.2) is 11.9 Å². The van der Waals surface area contributed by atoms with Crippen molar-refractivity contribution in [2.24, 2.45) is 5.73 Å². The summed E-state index contributed by atoms with van der Waals surface area (Å²) in [4.78, 5) is 11.4. The van der Waals surface area contributed by atoms with Gasteiger partial charge in [0.2, 0.25) is 5.91 Å². The fourth-order valence-corrected chi connectivity index (χ4v) is 1.68. The van der Waals surface area contributed by atoms with Gasteiger partial charge < -0.3 is 15.8 Å². The van der Waals surface area contributed by atoms with Gasteiger partial charge in [-0.05, 0) is 36.8 Å². The average molecular weight is 306 g/mol. The standard InChI is InChI=1S/C16H16F2N2O2/c1-10(19)16(21)20-15-7-6-13(8-14(15)18)22-9-11-2-4-12(17)5-3-11/h2-8,10H,9,19H2,1H3,(H,20,21)/t10-/m1/s1. The third-order valence-corrected chi connectivity index (χ3v) is 2.93. The molecule has 0 aliphatic heterocycles. The van der Waals surface area contributed by atoms with Gasteiger partial charge in [0.15, 0.2) is 0 Å². The van der Waals surface area contributed by atoms with Gasteiger partial charge in [-0.1, -0.05) is 12.1 Å². The Morgan fingerprint density at radius 3 is 2.50 bits per heavy atom. The van der Waals surface area contributed by atoms with Crippen molar-refractivity contribution in [2.75, 3.05) is 5.32 Å². The lowest BCUT2D eigenvalue weighted by atomic mass is 10.2. The van der Waals surface area contributed by atoms with Crippen molar-refractivity contribution in [2.45, 2.75) is 19.6 Å². The molecule has 6 heteroatoms. The molecule has 116 valence electrons. The molecule has 2 rings (SSSR count). The minimum Gasteiger partial charge on any atom is -0.489 e. The smallest absolute Gasteiger partial charge is 0.241 e. The Hall–Kier alpha value is -2.47. The molecule has 1 atom stereocenters. The highest BCUT2D eigenvalue weighted by Crippen LogP contribution is 2.21. The Balaban J connectivity index is 2.00. The predicted octanol–water partition coefficient (Wildman–Crippen LogP) is 2.83. The maximum atomic E-state index is 13.9. The summed E-state index contributed by atoms with van der Waals surface area (Å²) in [7, 11) is 0. The Morgan fingerprint density at radius 2 is 1.91 bits per heavy atom. The molecule has 0 saturated heterocycles. The Labute approximate surface area is 126 Å². The van der Waals surface area contributed by atoms with Crippen LogP contribution >= 0.6 is 0 Å². The molecular formula is C16H16F2N2O2. The molecule has 0 aliphatic rings. The number of benzene rings is 2. The largest absolute Gasteiger partial charge is 0.489 e. The van der Waals surface area contributed by atoms with Gasteiger partial charge in [0, 0.05) is 6.07 Å². The first-order valence-electron chi connectivity index (χ1n) is 6.69. The van der Waals surface area contributed by atoms with Crippen LogP contribution in [0.1, 0.15) is 12.5 Å². The molecule has 2 aromatic rings. The number of amides is 1. The van der Waals surface area contributed by atoms with Gasteiger partial charge in [-0.3, -0.25) is 4.79 Å². The van der Waals surface area contributed by atoms with Gasteiger partial charge in [-0.15, -0.1) is 0 Å². The molecule has 0 heterocycles. The SMILES string of the molecule is C[C@@H](N)C(=O)Nc1ccc(OCc2ccc(F)cc2)cc1F. The molecule has 0 bridgehead atoms.